The van der Waals surface area contributed by atoms with Crippen LogP contribution in [0.25, 0.3) is 0 Å². The Bertz CT molecular complexity index is 162. The van der Waals surface area contributed by atoms with Crippen molar-refractivity contribution >= 4 is 34.5 Å². The first-order valence-electron chi connectivity index (χ1n) is 1.53. The van der Waals surface area contributed by atoms with Crippen molar-refractivity contribution in [2.45, 2.75) is 0 Å². The van der Waals surface area contributed by atoms with Crippen molar-refractivity contribution in [3.05, 3.63) is 0 Å². The van der Waals surface area contributed by atoms with Crippen molar-refractivity contribution in [3.63, 3.8) is 0 Å². The van der Waals surface area contributed by atoms with E-state index in [0.29, 0.717) is 0 Å². The van der Waals surface area contributed by atoms with E-state index < -0.39 is 15.6 Å². The van der Waals surface area contributed by atoms with Crippen LogP contribution in [-0.4, -0.2) is 38.4 Å². The van der Waals surface area contributed by atoms with Crippen LogP contribution in [0.2, 0.25) is 0 Å². The Kier molecular flexibility index (Phi) is 16.1. The van der Waals surface area contributed by atoms with Gasteiger partial charge in [-0.25, -0.2) is 9.13 Å². The van der Waals surface area contributed by atoms with Gasteiger partial charge in [0, 0.05) is 33.8 Å². The summed E-state index contributed by atoms with van der Waals surface area (Å²) in [5, 5.41) is 0. The van der Waals surface area contributed by atoms with E-state index in [1.54, 1.807) is 0 Å². The van der Waals surface area contributed by atoms with E-state index in [0.717, 1.165) is 0 Å². The summed E-state index contributed by atoms with van der Waals surface area (Å²) in [6.45, 7) is 0. The van der Waals surface area contributed by atoms with Gasteiger partial charge in [-0.05, 0) is 0 Å². The van der Waals surface area contributed by atoms with E-state index in [4.69, 9.17) is 19.6 Å². The molecule has 0 saturated carbocycles. The molecule has 74 valence electrons. The first kappa shape index (κ1) is 23.6. The first-order chi connectivity index (χ1) is 3.71. The minimum absolute atomic E-state index is 0. The maximum absolute atomic E-state index is 9.63. The summed E-state index contributed by atoms with van der Waals surface area (Å²) in [7, 11) is -10.1. The first-order valence-corrected chi connectivity index (χ1v) is 4.59. The molecular weight excluding hydrogens is 295 g/mol. The van der Waals surface area contributed by atoms with E-state index in [-0.39, 0.29) is 52.7 Å². The molecule has 4 N–H and O–H groups in total. The molecule has 0 aliphatic heterocycles. The van der Waals surface area contributed by atoms with Crippen LogP contribution < -0.4 is 0 Å². The van der Waals surface area contributed by atoms with Gasteiger partial charge in [0.2, 0.25) is 0 Å². The zero-order valence-electron chi connectivity index (χ0n) is 4.62. The molecule has 0 aromatic heterocycles. The Morgan fingerprint density at radius 3 is 1.08 bits per heavy atom. The van der Waals surface area contributed by atoms with Gasteiger partial charge in [-0.3, -0.25) is 0 Å². The molecule has 0 rings (SSSR count). The summed E-state index contributed by atoms with van der Waals surface area (Å²) in [6.07, 6.45) is 0. The van der Waals surface area contributed by atoms with Gasteiger partial charge >= 0.3 is 34.5 Å². The molecule has 0 bridgehead atoms. The molecule has 7 nitrogen and oxygen atoms in total. The maximum atomic E-state index is 9.63. The van der Waals surface area contributed by atoms with Crippen LogP contribution in [0.5, 0.6) is 0 Å². The number of hydrogen-bond donors (Lipinski definition) is 4. The molecular formula is H5CoLiMnO7P2. The second kappa shape index (κ2) is 8.21. The third-order valence-corrected chi connectivity index (χ3v) is 1.91. The Hall–Kier alpha value is 1.88. The van der Waals surface area contributed by atoms with Crippen molar-refractivity contribution in [1.82, 2.24) is 0 Å². The molecule has 0 aromatic rings. The van der Waals surface area contributed by atoms with Crippen LogP contribution in [0.4, 0.5) is 0 Å². The second-order valence-electron chi connectivity index (χ2n) is 1.06. The number of hydrogen-bond acceptors (Lipinski definition) is 3. The molecule has 2 radical (unpaired) electrons. The summed E-state index contributed by atoms with van der Waals surface area (Å²) >= 11 is 0. The fourth-order valence-corrected chi connectivity index (χ4v) is 1.25. The van der Waals surface area contributed by atoms with Gasteiger partial charge in [0.25, 0.3) is 0 Å². The zero-order valence-corrected chi connectivity index (χ0v) is 8.63. The normalized spacial score (nSPS) is 10.3. The minimum atomic E-state index is -5.05. The van der Waals surface area contributed by atoms with Crippen molar-refractivity contribution in [3.8, 4) is 0 Å². The van der Waals surface area contributed by atoms with Crippen LogP contribution in [0.3, 0.4) is 0 Å². The third kappa shape index (κ3) is 22.6. The summed E-state index contributed by atoms with van der Waals surface area (Å²) in [4.78, 5) is 31.0. The van der Waals surface area contributed by atoms with Gasteiger partial charge in [-0.1, -0.05) is 0 Å². The molecule has 0 fully saturated rings. The SMILES string of the molecule is O=P(O)(O)OP(=O)(O)O.[Co].[LiH].[Mn]. The maximum Gasteiger partial charge on any atom is 0 e. The molecule has 12 heteroatoms. The van der Waals surface area contributed by atoms with Gasteiger partial charge in [-0.15, -0.1) is 0 Å². The quantitative estimate of drug-likeness (QED) is 0.362. The zero-order chi connectivity index (χ0) is 7.71. The molecule has 0 unspecified atom stereocenters. The molecule has 12 heavy (non-hydrogen) atoms. The van der Waals surface area contributed by atoms with Crippen molar-refractivity contribution in [2.24, 2.45) is 0 Å². The largest absolute Gasteiger partial charge is 0 e. The van der Waals surface area contributed by atoms with Gasteiger partial charge in [0.05, 0.1) is 0 Å². The Labute approximate surface area is 101 Å². The fourth-order valence-electron chi connectivity index (χ4n) is 0.139. The standard InChI is InChI=1S/Co.Li.Mn.H4O7P2.H/c;;;1-8(2,3)7-9(4,5)6;/h;;;(H2,1,2,3)(H2,4,5,6);. The summed E-state index contributed by atoms with van der Waals surface area (Å²) in [5.41, 5.74) is 0. The Morgan fingerprint density at radius 1 is 0.917 bits per heavy atom. The van der Waals surface area contributed by atoms with Crippen molar-refractivity contribution < 1.29 is 66.9 Å². The van der Waals surface area contributed by atoms with E-state index >= 15 is 0 Å². The molecule has 0 saturated heterocycles. The summed E-state index contributed by atoms with van der Waals surface area (Å²) in [6, 6.07) is 0. The topological polar surface area (TPSA) is 124 Å². The van der Waals surface area contributed by atoms with Crippen LogP contribution in [-0.2, 0) is 47.3 Å². The summed E-state index contributed by atoms with van der Waals surface area (Å²) in [5.74, 6) is 0. The average Bonchev–Trinajstić information content (AvgIpc) is 1.14. The van der Waals surface area contributed by atoms with Crippen LogP contribution >= 0.6 is 15.6 Å². The molecule has 0 aliphatic rings. The van der Waals surface area contributed by atoms with Crippen molar-refractivity contribution in [1.29, 1.82) is 0 Å². The van der Waals surface area contributed by atoms with Gasteiger partial charge < -0.3 is 19.6 Å². The van der Waals surface area contributed by atoms with Gasteiger partial charge in [0.15, 0.2) is 0 Å². The average molecular weight is 300 g/mol. The molecule has 0 aliphatic carbocycles. The Morgan fingerprint density at radius 2 is 1.08 bits per heavy atom. The fraction of sp³-hybridized carbons (Fsp3) is 0. The van der Waals surface area contributed by atoms with E-state index in [2.05, 4.69) is 4.31 Å². The van der Waals surface area contributed by atoms with E-state index in [9.17, 15) is 9.13 Å². The molecule has 0 aromatic carbocycles. The molecule has 0 heterocycles. The molecule has 0 spiro atoms. The Balaban J connectivity index is -0.000000107. The van der Waals surface area contributed by atoms with Crippen LogP contribution in [0.15, 0.2) is 0 Å². The molecule has 0 atom stereocenters. The predicted octanol–water partition coefficient (Wildman–Crippen LogP) is -1.47. The van der Waals surface area contributed by atoms with Gasteiger partial charge in [0.1, 0.15) is 0 Å². The van der Waals surface area contributed by atoms with E-state index in [1.807, 2.05) is 0 Å². The van der Waals surface area contributed by atoms with Gasteiger partial charge in [-0.2, -0.15) is 4.31 Å². The summed E-state index contributed by atoms with van der Waals surface area (Å²) < 4.78 is 22.2. The smallest absolute Gasteiger partial charge is 0 e. The number of phosphoric acid groups is 2. The minimum Gasteiger partial charge on any atom is 0 e. The second-order valence-corrected chi connectivity index (χ2v) is 3.68. The monoisotopic (exact) mass is 300 g/mol. The van der Waals surface area contributed by atoms with Crippen molar-refractivity contribution in [2.75, 3.05) is 0 Å². The third-order valence-electron chi connectivity index (χ3n) is 0.213. The van der Waals surface area contributed by atoms with Crippen LogP contribution in [0, 0.1) is 0 Å². The number of rotatable bonds is 2. The molecule has 0 amide bonds. The van der Waals surface area contributed by atoms with Crippen LogP contribution in [0.1, 0.15) is 0 Å². The predicted molar refractivity (Wildman–Crippen MR) is 32.3 cm³/mol. The van der Waals surface area contributed by atoms with E-state index in [1.165, 1.54) is 0 Å².